The van der Waals surface area contributed by atoms with E-state index >= 15 is 0 Å². The molecular formula is C18H17N3O3. The van der Waals surface area contributed by atoms with E-state index in [2.05, 4.69) is 5.32 Å². The second kappa shape index (κ2) is 6.45. The minimum absolute atomic E-state index is 0.260. The molecule has 6 nitrogen and oxygen atoms in total. The van der Waals surface area contributed by atoms with Gasteiger partial charge in [0.15, 0.2) is 0 Å². The summed E-state index contributed by atoms with van der Waals surface area (Å²) in [5.74, 6) is 0.175. The van der Waals surface area contributed by atoms with Crippen molar-refractivity contribution in [2.75, 3.05) is 5.32 Å². The Morgan fingerprint density at radius 1 is 1.17 bits per heavy atom. The molecule has 24 heavy (non-hydrogen) atoms. The van der Waals surface area contributed by atoms with Crippen LogP contribution in [0.5, 0.6) is 0 Å². The van der Waals surface area contributed by atoms with Crippen molar-refractivity contribution in [3.63, 3.8) is 0 Å². The molecule has 0 spiro atoms. The van der Waals surface area contributed by atoms with Crippen molar-refractivity contribution in [1.82, 2.24) is 9.36 Å². The summed E-state index contributed by atoms with van der Waals surface area (Å²) in [6, 6.07) is 12.7. The number of nitrogens with one attached hydrogen (secondary N) is 1. The van der Waals surface area contributed by atoms with Gasteiger partial charge in [-0.1, -0.05) is 18.2 Å². The van der Waals surface area contributed by atoms with Crippen LogP contribution < -0.4 is 10.9 Å². The molecule has 2 aromatic heterocycles. The van der Waals surface area contributed by atoms with E-state index in [4.69, 9.17) is 4.42 Å². The van der Waals surface area contributed by atoms with E-state index in [-0.39, 0.29) is 11.2 Å². The molecule has 0 saturated heterocycles. The predicted molar refractivity (Wildman–Crippen MR) is 92.1 cm³/mol. The lowest BCUT2D eigenvalue weighted by atomic mass is 10.3. The number of benzene rings is 1. The molecule has 0 atom stereocenters. The van der Waals surface area contributed by atoms with Crippen molar-refractivity contribution in [1.29, 1.82) is 0 Å². The van der Waals surface area contributed by atoms with Gasteiger partial charge in [0.2, 0.25) is 5.91 Å². The predicted octanol–water partition coefficient (Wildman–Crippen LogP) is 2.73. The molecule has 3 aromatic rings. The third kappa shape index (κ3) is 2.94. The third-order valence-electron chi connectivity index (χ3n) is 3.74. The number of hydrogen-bond donors (Lipinski definition) is 1. The molecule has 0 aliphatic rings. The second-order valence-electron chi connectivity index (χ2n) is 5.27. The molecule has 0 fully saturated rings. The van der Waals surface area contributed by atoms with Gasteiger partial charge >= 0.3 is 0 Å². The van der Waals surface area contributed by atoms with Crippen molar-refractivity contribution >= 4 is 17.7 Å². The first kappa shape index (κ1) is 15.6. The van der Waals surface area contributed by atoms with Crippen LogP contribution in [0.4, 0.5) is 5.69 Å². The van der Waals surface area contributed by atoms with Crippen LogP contribution in [0.15, 0.2) is 64.0 Å². The Morgan fingerprint density at radius 2 is 1.92 bits per heavy atom. The van der Waals surface area contributed by atoms with E-state index in [0.717, 1.165) is 5.69 Å². The van der Waals surface area contributed by atoms with Crippen LogP contribution >= 0.6 is 0 Å². The van der Waals surface area contributed by atoms with Crippen LogP contribution in [0.1, 0.15) is 11.5 Å². The van der Waals surface area contributed by atoms with E-state index in [9.17, 15) is 9.59 Å². The number of amides is 1. The number of para-hydroxylation sites is 1. The number of anilines is 1. The van der Waals surface area contributed by atoms with Gasteiger partial charge in [0, 0.05) is 13.1 Å². The highest BCUT2D eigenvalue weighted by atomic mass is 16.3. The number of aromatic nitrogens is 2. The van der Waals surface area contributed by atoms with Crippen LogP contribution in [0.2, 0.25) is 0 Å². The fourth-order valence-electron chi connectivity index (χ4n) is 2.42. The summed E-state index contributed by atoms with van der Waals surface area (Å²) in [5, 5.41) is 2.65. The number of furan rings is 1. The van der Waals surface area contributed by atoms with E-state index < -0.39 is 5.91 Å². The van der Waals surface area contributed by atoms with Crippen LogP contribution in [-0.4, -0.2) is 15.3 Å². The third-order valence-corrected chi connectivity index (χ3v) is 3.74. The summed E-state index contributed by atoms with van der Waals surface area (Å²) in [5.41, 5.74) is 1.39. The Morgan fingerprint density at radius 3 is 2.58 bits per heavy atom. The quantitative estimate of drug-likeness (QED) is 0.751. The summed E-state index contributed by atoms with van der Waals surface area (Å²) in [6.07, 6.45) is 4.40. The van der Waals surface area contributed by atoms with E-state index in [0.29, 0.717) is 11.5 Å². The zero-order valence-electron chi connectivity index (χ0n) is 13.4. The van der Waals surface area contributed by atoms with E-state index in [1.807, 2.05) is 30.3 Å². The van der Waals surface area contributed by atoms with Crippen LogP contribution in [0.25, 0.3) is 11.8 Å². The summed E-state index contributed by atoms with van der Waals surface area (Å²) in [6.45, 7) is 1.78. The fraction of sp³-hybridized carbons (Fsp3) is 0.111. The average Bonchev–Trinajstić information content (AvgIpc) is 3.17. The first-order valence-corrected chi connectivity index (χ1v) is 7.44. The summed E-state index contributed by atoms with van der Waals surface area (Å²) in [4.78, 5) is 24.7. The lowest BCUT2D eigenvalue weighted by Crippen LogP contribution is -2.22. The maximum absolute atomic E-state index is 12.7. The van der Waals surface area contributed by atoms with Crippen molar-refractivity contribution in [2.24, 2.45) is 7.05 Å². The van der Waals surface area contributed by atoms with Crippen LogP contribution in [0, 0.1) is 6.92 Å². The number of rotatable bonds is 4. The Labute approximate surface area is 138 Å². The van der Waals surface area contributed by atoms with Gasteiger partial charge in [-0.05, 0) is 37.3 Å². The van der Waals surface area contributed by atoms with Crippen molar-refractivity contribution in [3.8, 4) is 5.69 Å². The number of nitrogens with zero attached hydrogens (tertiary/aromatic N) is 2. The minimum atomic E-state index is -0.391. The summed E-state index contributed by atoms with van der Waals surface area (Å²) in [7, 11) is 1.78. The highest BCUT2D eigenvalue weighted by molar-refractivity contribution is 6.02. The molecule has 3 rings (SSSR count). The van der Waals surface area contributed by atoms with Crippen molar-refractivity contribution in [3.05, 3.63) is 76.6 Å². The Hall–Kier alpha value is -3.28. The lowest BCUT2D eigenvalue weighted by Gasteiger charge is -2.07. The zero-order valence-corrected chi connectivity index (χ0v) is 13.4. The van der Waals surface area contributed by atoms with Gasteiger partial charge in [0.25, 0.3) is 5.56 Å². The molecule has 2 heterocycles. The van der Waals surface area contributed by atoms with Crippen molar-refractivity contribution in [2.45, 2.75) is 6.92 Å². The summed E-state index contributed by atoms with van der Waals surface area (Å²) < 4.78 is 8.35. The molecule has 0 saturated carbocycles. The Kier molecular flexibility index (Phi) is 4.20. The molecule has 1 N–H and O–H groups in total. The molecule has 1 aromatic carbocycles. The largest absolute Gasteiger partial charge is 0.465 e. The highest BCUT2D eigenvalue weighted by Gasteiger charge is 2.17. The Bertz CT molecular complexity index is 932. The number of carbonyl (C=O) groups is 1. The molecular weight excluding hydrogens is 306 g/mol. The van der Waals surface area contributed by atoms with Crippen molar-refractivity contribution < 1.29 is 9.21 Å². The van der Waals surface area contributed by atoms with Crippen LogP contribution in [0.3, 0.4) is 0 Å². The first-order valence-electron chi connectivity index (χ1n) is 7.44. The average molecular weight is 323 g/mol. The molecule has 0 unspecified atom stereocenters. The number of carbonyl (C=O) groups excluding carboxylic acids is 1. The topological polar surface area (TPSA) is 69.2 Å². The van der Waals surface area contributed by atoms with Gasteiger partial charge in [-0.15, -0.1) is 0 Å². The molecule has 0 radical (unpaired) electrons. The molecule has 122 valence electrons. The number of hydrogen-bond acceptors (Lipinski definition) is 3. The molecule has 0 aliphatic carbocycles. The molecule has 0 bridgehead atoms. The van der Waals surface area contributed by atoms with Gasteiger partial charge in [-0.2, -0.15) is 0 Å². The summed E-state index contributed by atoms with van der Waals surface area (Å²) >= 11 is 0. The maximum Gasteiger partial charge on any atom is 0.295 e. The standard InChI is InChI=1S/C18H17N3O3/c1-13-17(19-16(22)11-10-15-9-6-12-24-15)18(23)21(20(13)2)14-7-4-3-5-8-14/h3-12H,1-2H3,(H,19,22). The van der Waals surface area contributed by atoms with Crippen LogP contribution in [-0.2, 0) is 11.8 Å². The highest BCUT2D eigenvalue weighted by Crippen LogP contribution is 2.14. The van der Waals surface area contributed by atoms with Gasteiger partial charge in [-0.25, -0.2) is 4.68 Å². The van der Waals surface area contributed by atoms with E-state index in [1.54, 1.807) is 36.9 Å². The Balaban J connectivity index is 1.89. The SMILES string of the molecule is Cc1c(NC(=O)C=Cc2ccco2)c(=O)n(-c2ccccc2)n1C. The van der Waals surface area contributed by atoms with Gasteiger partial charge < -0.3 is 9.73 Å². The zero-order chi connectivity index (χ0) is 17.1. The lowest BCUT2D eigenvalue weighted by molar-refractivity contribution is -0.111. The monoisotopic (exact) mass is 323 g/mol. The van der Waals surface area contributed by atoms with Gasteiger partial charge in [0.1, 0.15) is 11.4 Å². The smallest absolute Gasteiger partial charge is 0.295 e. The first-order chi connectivity index (χ1) is 11.6. The normalized spacial score (nSPS) is 11.1. The molecule has 6 heteroatoms. The minimum Gasteiger partial charge on any atom is -0.465 e. The second-order valence-corrected chi connectivity index (χ2v) is 5.27. The maximum atomic E-state index is 12.7. The van der Waals surface area contributed by atoms with Gasteiger partial charge in [0.05, 0.1) is 17.6 Å². The van der Waals surface area contributed by atoms with Gasteiger partial charge in [-0.3, -0.25) is 14.3 Å². The molecule has 1 amide bonds. The fourth-order valence-corrected chi connectivity index (χ4v) is 2.42. The van der Waals surface area contributed by atoms with E-state index in [1.165, 1.54) is 17.0 Å². The molecule has 0 aliphatic heterocycles.